The van der Waals surface area contributed by atoms with Gasteiger partial charge in [0, 0.05) is 18.7 Å². The van der Waals surface area contributed by atoms with Crippen molar-refractivity contribution in [3.05, 3.63) is 68.3 Å². The zero-order valence-electron chi connectivity index (χ0n) is 14.8. The molecule has 0 radical (unpaired) electrons. The molecule has 140 valence electrons. The van der Waals surface area contributed by atoms with Gasteiger partial charge in [-0.3, -0.25) is 19.5 Å². The fraction of sp³-hybridized carbons (Fsp3) is 0.200. The SMILES string of the molecule is O=c1c2cc([N+](=O)[O-])ccc2nc2n1CC/C2=C/c1ccc2c(c1)OCCO2. The highest BCUT2D eigenvalue weighted by molar-refractivity contribution is 5.86. The fourth-order valence-electron chi connectivity index (χ4n) is 3.61. The van der Waals surface area contributed by atoms with Crippen molar-refractivity contribution in [2.45, 2.75) is 13.0 Å². The number of nitro benzene ring substituents is 1. The lowest BCUT2D eigenvalue weighted by atomic mass is 10.1. The summed E-state index contributed by atoms with van der Waals surface area (Å²) in [6.45, 7) is 1.56. The van der Waals surface area contributed by atoms with Gasteiger partial charge in [0.2, 0.25) is 0 Å². The van der Waals surface area contributed by atoms with Crippen molar-refractivity contribution in [3.8, 4) is 11.5 Å². The smallest absolute Gasteiger partial charge is 0.270 e. The van der Waals surface area contributed by atoms with Crippen LogP contribution in [-0.4, -0.2) is 27.7 Å². The standard InChI is InChI=1S/C20H15N3O5/c24-20-15-11-14(23(25)26)2-3-16(15)21-19-13(5-6-22(19)20)9-12-1-4-17-18(10-12)28-8-7-27-17/h1-4,9-11H,5-8H2/b13-9-. The van der Waals surface area contributed by atoms with Crippen LogP contribution in [0.4, 0.5) is 5.69 Å². The van der Waals surface area contributed by atoms with Gasteiger partial charge in [0.05, 0.1) is 15.8 Å². The molecule has 0 saturated carbocycles. The Morgan fingerprint density at radius 3 is 2.75 bits per heavy atom. The van der Waals surface area contributed by atoms with Crippen LogP contribution in [0.5, 0.6) is 11.5 Å². The van der Waals surface area contributed by atoms with Crippen molar-refractivity contribution in [2.75, 3.05) is 13.2 Å². The number of benzene rings is 2. The Morgan fingerprint density at radius 2 is 1.93 bits per heavy atom. The Morgan fingerprint density at radius 1 is 1.11 bits per heavy atom. The third-order valence-corrected chi connectivity index (χ3v) is 4.95. The number of allylic oxidation sites excluding steroid dienone is 1. The molecular weight excluding hydrogens is 362 g/mol. The van der Waals surface area contributed by atoms with E-state index in [9.17, 15) is 14.9 Å². The van der Waals surface area contributed by atoms with Gasteiger partial charge >= 0.3 is 0 Å². The number of non-ortho nitro benzene ring substituents is 1. The number of ether oxygens (including phenoxy) is 2. The minimum atomic E-state index is -0.510. The van der Waals surface area contributed by atoms with Crippen LogP contribution in [0.25, 0.3) is 22.6 Å². The van der Waals surface area contributed by atoms with E-state index in [2.05, 4.69) is 4.98 Å². The number of fused-ring (bicyclic) bond motifs is 3. The minimum Gasteiger partial charge on any atom is -0.486 e. The van der Waals surface area contributed by atoms with Crippen molar-refractivity contribution in [2.24, 2.45) is 0 Å². The summed E-state index contributed by atoms with van der Waals surface area (Å²) in [6.07, 6.45) is 2.65. The van der Waals surface area contributed by atoms with Gasteiger partial charge in [-0.2, -0.15) is 0 Å². The summed E-state index contributed by atoms with van der Waals surface area (Å²) in [5, 5.41) is 11.3. The van der Waals surface area contributed by atoms with E-state index in [1.165, 1.54) is 18.2 Å². The van der Waals surface area contributed by atoms with E-state index >= 15 is 0 Å². The third-order valence-electron chi connectivity index (χ3n) is 4.95. The molecule has 8 nitrogen and oxygen atoms in total. The van der Waals surface area contributed by atoms with E-state index in [4.69, 9.17) is 9.47 Å². The number of aromatic nitrogens is 2. The summed E-state index contributed by atoms with van der Waals surface area (Å²) in [6, 6.07) is 9.90. The molecule has 2 aliphatic rings. The van der Waals surface area contributed by atoms with E-state index < -0.39 is 4.92 Å². The molecule has 1 aromatic heterocycles. The van der Waals surface area contributed by atoms with Gasteiger partial charge in [-0.25, -0.2) is 4.98 Å². The molecule has 2 aromatic carbocycles. The summed E-state index contributed by atoms with van der Waals surface area (Å²) in [5.41, 5.74) is 1.96. The topological polar surface area (TPSA) is 96.5 Å². The molecule has 0 aliphatic carbocycles. The van der Waals surface area contributed by atoms with E-state index in [1.54, 1.807) is 4.57 Å². The summed E-state index contributed by atoms with van der Waals surface area (Å²) in [7, 11) is 0. The average Bonchev–Trinajstić information content (AvgIpc) is 3.10. The molecule has 3 aromatic rings. The Bertz CT molecular complexity index is 1230. The Hall–Kier alpha value is -3.68. The van der Waals surface area contributed by atoms with Gasteiger partial charge < -0.3 is 9.47 Å². The Balaban J connectivity index is 1.60. The first-order chi connectivity index (χ1) is 13.6. The van der Waals surface area contributed by atoms with Crippen LogP contribution < -0.4 is 15.0 Å². The highest BCUT2D eigenvalue weighted by Crippen LogP contribution is 2.33. The van der Waals surface area contributed by atoms with Gasteiger partial charge in [0.15, 0.2) is 11.5 Å². The lowest BCUT2D eigenvalue weighted by Gasteiger charge is -2.18. The summed E-state index contributed by atoms with van der Waals surface area (Å²) < 4.78 is 12.7. The number of nitrogens with zero attached hydrogens (tertiary/aromatic N) is 3. The molecule has 8 heteroatoms. The maximum Gasteiger partial charge on any atom is 0.270 e. The van der Waals surface area contributed by atoms with Crippen LogP contribution >= 0.6 is 0 Å². The minimum absolute atomic E-state index is 0.114. The molecule has 3 heterocycles. The molecule has 0 N–H and O–H groups in total. The molecule has 0 unspecified atom stereocenters. The van der Waals surface area contributed by atoms with Crippen LogP contribution in [0.2, 0.25) is 0 Å². The highest BCUT2D eigenvalue weighted by atomic mass is 16.6. The van der Waals surface area contributed by atoms with E-state index in [0.29, 0.717) is 43.3 Å². The molecule has 28 heavy (non-hydrogen) atoms. The highest BCUT2D eigenvalue weighted by Gasteiger charge is 2.22. The normalized spacial score (nSPS) is 16.4. The van der Waals surface area contributed by atoms with Gasteiger partial charge in [-0.15, -0.1) is 0 Å². The average molecular weight is 377 g/mol. The van der Waals surface area contributed by atoms with Crippen molar-refractivity contribution >= 4 is 28.2 Å². The fourth-order valence-corrected chi connectivity index (χ4v) is 3.61. The number of rotatable bonds is 2. The van der Waals surface area contributed by atoms with Gasteiger partial charge in [0.25, 0.3) is 11.2 Å². The van der Waals surface area contributed by atoms with E-state index in [-0.39, 0.29) is 16.6 Å². The molecule has 0 atom stereocenters. The maximum atomic E-state index is 12.8. The lowest BCUT2D eigenvalue weighted by Crippen LogP contribution is -2.20. The van der Waals surface area contributed by atoms with Crippen LogP contribution in [0.15, 0.2) is 41.2 Å². The number of hydrogen-bond donors (Lipinski definition) is 0. The number of nitro groups is 1. The molecular formula is C20H15N3O5. The molecule has 0 bridgehead atoms. The largest absolute Gasteiger partial charge is 0.486 e. The van der Waals surface area contributed by atoms with Crippen molar-refractivity contribution in [1.29, 1.82) is 0 Å². The van der Waals surface area contributed by atoms with Crippen LogP contribution in [-0.2, 0) is 6.54 Å². The summed E-state index contributed by atoms with van der Waals surface area (Å²) in [4.78, 5) is 27.9. The summed E-state index contributed by atoms with van der Waals surface area (Å²) in [5.74, 6) is 2.03. The van der Waals surface area contributed by atoms with E-state index in [0.717, 1.165) is 16.9 Å². The molecule has 0 fully saturated rings. The summed E-state index contributed by atoms with van der Waals surface area (Å²) >= 11 is 0. The number of hydrogen-bond acceptors (Lipinski definition) is 6. The second-order valence-electron chi connectivity index (χ2n) is 6.67. The first-order valence-corrected chi connectivity index (χ1v) is 8.90. The predicted molar refractivity (Wildman–Crippen MR) is 103 cm³/mol. The lowest BCUT2D eigenvalue weighted by molar-refractivity contribution is -0.384. The Kier molecular flexibility index (Phi) is 3.65. The predicted octanol–water partition coefficient (Wildman–Crippen LogP) is 3.02. The van der Waals surface area contributed by atoms with Crippen LogP contribution in [0.1, 0.15) is 17.8 Å². The molecule has 0 amide bonds. The quantitative estimate of drug-likeness (QED) is 0.503. The molecule has 2 aliphatic heterocycles. The maximum absolute atomic E-state index is 12.8. The van der Waals surface area contributed by atoms with E-state index in [1.807, 2.05) is 24.3 Å². The zero-order valence-corrected chi connectivity index (χ0v) is 14.8. The first-order valence-electron chi connectivity index (χ1n) is 8.90. The second-order valence-corrected chi connectivity index (χ2v) is 6.67. The van der Waals surface area contributed by atoms with Crippen molar-refractivity contribution in [3.63, 3.8) is 0 Å². The Labute approximate surface area is 158 Å². The van der Waals surface area contributed by atoms with Gasteiger partial charge in [0.1, 0.15) is 19.0 Å². The first kappa shape index (κ1) is 16.5. The third kappa shape index (κ3) is 2.61. The monoisotopic (exact) mass is 377 g/mol. The van der Waals surface area contributed by atoms with Crippen LogP contribution in [0, 0.1) is 10.1 Å². The van der Waals surface area contributed by atoms with Crippen LogP contribution in [0.3, 0.4) is 0 Å². The zero-order chi connectivity index (χ0) is 19.3. The van der Waals surface area contributed by atoms with Gasteiger partial charge in [-0.05, 0) is 41.8 Å². The molecule has 0 spiro atoms. The van der Waals surface area contributed by atoms with Crippen molar-refractivity contribution < 1.29 is 14.4 Å². The molecule has 0 saturated heterocycles. The van der Waals surface area contributed by atoms with Gasteiger partial charge in [-0.1, -0.05) is 6.07 Å². The molecule has 5 rings (SSSR count). The second kappa shape index (κ2) is 6.19. The van der Waals surface area contributed by atoms with Crippen molar-refractivity contribution in [1.82, 2.24) is 9.55 Å².